The van der Waals surface area contributed by atoms with Gasteiger partial charge in [0.1, 0.15) is 0 Å². The highest BCUT2D eigenvalue weighted by atomic mass is 16.3. The van der Waals surface area contributed by atoms with E-state index in [4.69, 9.17) is 5.73 Å². The van der Waals surface area contributed by atoms with Crippen LogP contribution in [-0.4, -0.2) is 10.2 Å². The Bertz CT molecular complexity index is 328. The Kier molecular flexibility index (Phi) is 4.33. The molecule has 0 spiro atoms. The summed E-state index contributed by atoms with van der Waals surface area (Å²) in [5, 5.41) is 20.0. The zero-order valence-electron chi connectivity index (χ0n) is 10.2. The summed E-state index contributed by atoms with van der Waals surface area (Å²) in [6.07, 6.45) is 0.0564. The van der Waals surface area contributed by atoms with Gasteiger partial charge in [0.15, 0.2) is 0 Å². The van der Waals surface area contributed by atoms with Gasteiger partial charge in [-0.25, -0.2) is 0 Å². The number of anilines is 1. The molecule has 90 valence electrons. The molecule has 3 nitrogen and oxygen atoms in total. The molecule has 0 aliphatic rings. The van der Waals surface area contributed by atoms with Crippen LogP contribution in [0.2, 0.25) is 0 Å². The van der Waals surface area contributed by atoms with Gasteiger partial charge in [0, 0.05) is 11.3 Å². The predicted molar refractivity (Wildman–Crippen MR) is 66.1 cm³/mol. The molecule has 2 atom stereocenters. The number of aliphatic hydroxyl groups is 2. The molecule has 16 heavy (non-hydrogen) atoms. The van der Waals surface area contributed by atoms with Gasteiger partial charge in [-0.2, -0.15) is 0 Å². The van der Waals surface area contributed by atoms with Crippen molar-refractivity contribution < 1.29 is 10.2 Å². The summed E-state index contributed by atoms with van der Waals surface area (Å²) in [5.41, 5.74) is 8.90. The van der Waals surface area contributed by atoms with Gasteiger partial charge in [-0.05, 0) is 37.0 Å². The van der Waals surface area contributed by atoms with Crippen LogP contribution in [0.25, 0.3) is 0 Å². The number of nitrogen functional groups attached to an aromatic ring is 1. The van der Waals surface area contributed by atoms with E-state index in [2.05, 4.69) is 0 Å². The molecule has 0 aromatic heterocycles. The smallest absolute Gasteiger partial charge is 0.0811 e. The fourth-order valence-corrected chi connectivity index (χ4v) is 1.98. The fourth-order valence-electron chi connectivity index (χ4n) is 1.98. The first kappa shape index (κ1) is 13.0. The van der Waals surface area contributed by atoms with E-state index in [1.807, 2.05) is 26.8 Å². The van der Waals surface area contributed by atoms with Crippen LogP contribution < -0.4 is 5.73 Å². The summed E-state index contributed by atoms with van der Waals surface area (Å²) in [7, 11) is 0. The second kappa shape index (κ2) is 5.32. The van der Waals surface area contributed by atoms with Crippen molar-refractivity contribution in [1.29, 1.82) is 0 Å². The summed E-state index contributed by atoms with van der Waals surface area (Å²) in [6.45, 7) is 5.74. The SMILES string of the molecule is CCC(O)c1c(C)ccc(N)c1C(O)CC. The first-order valence-corrected chi connectivity index (χ1v) is 5.77. The van der Waals surface area contributed by atoms with Crippen LogP contribution in [0.15, 0.2) is 12.1 Å². The number of aryl methyl sites for hydroxylation is 1. The van der Waals surface area contributed by atoms with E-state index in [-0.39, 0.29) is 0 Å². The maximum atomic E-state index is 9.99. The first-order valence-electron chi connectivity index (χ1n) is 5.77. The molecule has 0 fully saturated rings. The summed E-state index contributed by atoms with van der Waals surface area (Å²) < 4.78 is 0. The van der Waals surface area contributed by atoms with Gasteiger partial charge in [-0.15, -0.1) is 0 Å². The van der Waals surface area contributed by atoms with Gasteiger partial charge in [0.25, 0.3) is 0 Å². The largest absolute Gasteiger partial charge is 0.398 e. The van der Waals surface area contributed by atoms with Crippen molar-refractivity contribution in [3.05, 3.63) is 28.8 Å². The highest BCUT2D eigenvalue weighted by molar-refractivity contribution is 5.55. The van der Waals surface area contributed by atoms with Crippen molar-refractivity contribution in [2.24, 2.45) is 0 Å². The molecule has 0 amide bonds. The maximum Gasteiger partial charge on any atom is 0.0811 e. The molecule has 2 unspecified atom stereocenters. The summed E-state index contributed by atoms with van der Waals surface area (Å²) in [5.74, 6) is 0. The second-order valence-corrected chi connectivity index (χ2v) is 4.15. The molecule has 1 rings (SSSR count). The van der Waals surface area contributed by atoms with Gasteiger partial charge in [-0.1, -0.05) is 19.9 Å². The molecular weight excluding hydrogens is 202 g/mol. The Balaban J connectivity index is 3.36. The van der Waals surface area contributed by atoms with Crippen LogP contribution >= 0.6 is 0 Å². The lowest BCUT2D eigenvalue weighted by Gasteiger charge is -2.22. The predicted octanol–water partition coefficient (Wildman–Crippen LogP) is 2.46. The van der Waals surface area contributed by atoms with Crippen molar-refractivity contribution in [3.8, 4) is 0 Å². The number of benzene rings is 1. The Labute approximate surface area is 96.9 Å². The normalized spacial score (nSPS) is 14.8. The number of rotatable bonds is 4. The molecule has 0 radical (unpaired) electrons. The van der Waals surface area contributed by atoms with E-state index >= 15 is 0 Å². The lowest BCUT2D eigenvalue weighted by Crippen LogP contribution is -2.10. The van der Waals surface area contributed by atoms with E-state index in [1.54, 1.807) is 6.07 Å². The first-order chi connectivity index (χ1) is 7.52. The summed E-state index contributed by atoms with van der Waals surface area (Å²) >= 11 is 0. The number of hydrogen-bond donors (Lipinski definition) is 3. The molecule has 4 N–H and O–H groups in total. The average molecular weight is 223 g/mol. The van der Waals surface area contributed by atoms with Gasteiger partial charge in [0.05, 0.1) is 12.2 Å². The topological polar surface area (TPSA) is 66.5 Å². The molecule has 1 aromatic rings. The molecular formula is C13H21NO2. The van der Waals surface area contributed by atoms with Gasteiger partial charge < -0.3 is 15.9 Å². The number of hydrogen-bond acceptors (Lipinski definition) is 3. The molecule has 1 aromatic carbocycles. The van der Waals surface area contributed by atoms with Crippen LogP contribution in [0.4, 0.5) is 5.69 Å². The Hall–Kier alpha value is -1.06. The third kappa shape index (κ3) is 2.36. The molecule has 0 heterocycles. The lowest BCUT2D eigenvalue weighted by molar-refractivity contribution is 0.150. The zero-order valence-corrected chi connectivity index (χ0v) is 10.2. The number of nitrogens with two attached hydrogens (primary N) is 1. The van der Waals surface area contributed by atoms with E-state index in [0.717, 1.165) is 11.1 Å². The fraction of sp³-hybridized carbons (Fsp3) is 0.538. The highest BCUT2D eigenvalue weighted by Gasteiger charge is 2.20. The van der Waals surface area contributed by atoms with Crippen LogP contribution in [0.1, 0.15) is 55.6 Å². The van der Waals surface area contributed by atoms with Crippen LogP contribution in [0.5, 0.6) is 0 Å². The third-order valence-corrected chi connectivity index (χ3v) is 2.98. The standard InChI is InChI=1S/C13H21NO2/c1-4-10(15)12-8(3)6-7-9(14)13(12)11(16)5-2/h6-7,10-11,15-16H,4-5,14H2,1-3H3. The molecule has 0 aliphatic heterocycles. The quantitative estimate of drug-likeness (QED) is 0.687. The van der Waals surface area contributed by atoms with Gasteiger partial charge >= 0.3 is 0 Å². The molecule has 0 saturated heterocycles. The Morgan fingerprint density at radius 1 is 1.06 bits per heavy atom. The van der Waals surface area contributed by atoms with E-state index in [1.165, 1.54) is 0 Å². The maximum absolute atomic E-state index is 9.99. The molecule has 0 aliphatic carbocycles. The lowest BCUT2D eigenvalue weighted by atomic mass is 9.90. The third-order valence-electron chi connectivity index (χ3n) is 2.98. The van der Waals surface area contributed by atoms with E-state index in [0.29, 0.717) is 24.1 Å². The van der Waals surface area contributed by atoms with Crippen LogP contribution in [0, 0.1) is 6.92 Å². The van der Waals surface area contributed by atoms with E-state index < -0.39 is 12.2 Å². The molecule has 0 saturated carbocycles. The summed E-state index contributed by atoms with van der Waals surface area (Å²) in [6, 6.07) is 3.67. The highest BCUT2D eigenvalue weighted by Crippen LogP contribution is 2.34. The van der Waals surface area contributed by atoms with Crippen molar-refractivity contribution >= 4 is 5.69 Å². The number of aliphatic hydroxyl groups excluding tert-OH is 2. The minimum atomic E-state index is -0.601. The van der Waals surface area contributed by atoms with Crippen molar-refractivity contribution in [2.45, 2.75) is 45.8 Å². The molecule has 3 heteroatoms. The van der Waals surface area contributed by atoms with E-state index in [9.17, 15) is 10.2 Å². The monoisotopic (exact) mass is 223 g/mol. The van der Waals surface area contributed by atoms with Crippen molar-refractivity contribution in [3.63, 3.8) is 0 Å². The minimum Gasteiger partial charge on any atom is -0.398 e. The Morgan fingerprint density at radius 2 is 1.56 bits per heavy atom. The zero-order chi connectivity index (χ0) is 12.3. The average Bonchev–Trinajstić information content (AvgIpc) is 2.29. The minimum absolute atomic E-state index is 0.556. The second-order valence-electron chi connectivity index (χ2n) is 4.15. The van der Waals surface area contributed by atoms with Crippen LogP contribution in [-0.2, 0) is 0 Å². The Morgan fingerprint density at radius 3 is 2.06 bits per heavy atom. The molecule has 0 bridgehead atoms. The van der Waals surface area contributed by atoms with Gasteiger partial charge in [-0.3, -0.25) is 0 Å². The summed E-state index contributed by atoms with van der Waals surface area (Å²) in [4.78, 5) is 0. The van der Waals surface area contributed by atoms with Gasteiger partial charge in [0.2, 0.25) is 0 Å². The van der Waals surface area contributed by atoms with Crippen molar-refractivity contribution in [2.75, 3.05) is 5.73 Å². The van der Waals surface area contributed by atoms with Crippen molar-refractivity contribution in [1.82, 2.24) is 0 Å². The van der Waals surface area contributed by atoms with Crippen LogP contribution in [0.3, 0.4) is 0 Å².